The molecule has 0 aromatic carbocycles. The number of rotatable bonds is 5. The third kappa shape index (κ3) is 2.42. The second kappa shape index (κ2) is 3.75. The Morgan fingerprint density at radius 2 is 2.46 bits per heavy atom. The van der Waals surface area contributed by atoms with E-state index in [1.807, 2.05) is 0 Å². The van der Waals surface area contributed by atoms with Crippen molar-refractivity contribution < 1.29 is 13.9 Å². The molecule has 0 amide bonds. The Bertz CT molecular complexity index is 272. The molecule has 0 spiro atoms. The lowest BCUT2D eigenvalue weighted by atomic mass is 10.3. The number of carbonyl (C=O) groups is 1. The Kier molecular flexibility index (Phi) is 2.45. The number of carbonyl (C=O) groups excluding carboxylic acids is 1. The minimum Gasteiger partial charge on any atom is -0.461 e. The number of furan rings is 1. The standard InChI is InChI=1S/C10H12O3/c11-9(10-2-1-5-13-10)7-12-6-8-3-4-8/h1-2,5,8H,3-4,6-7H2. The molecule has 1 fully saturated rings. The second-order valence-corrected chi connectivity index (χ2v) is 3.36. The third-order valence-electron chi connectivity index (χ3n) is 2.08. The molecule has 0 unspecified atom stereocenters. The van der Waals surface area contributed by atoms with Gasteiger partial charge in [-0.1, -0.05) is 0 Å². The van der Waals surface area contributed by atoms with Crippen LogP contribution >= 0.6 is 0 Å². The molecule has 70 valence electrons. The molecule has 13 heavy (non-hydrogen) atoms. The smallest absolute Gasteiger partial charge is 0.223 e. The highest BCUT2D eigenvalue weighted by Crippen LogP contribution is 2.28. The highest BCUT2D eigenvalue weighted by Gasteiger charge is 2.21. The molecular formula is C10H12O3. The summed E-state index contributed by atoms with van der Waals surface area (Å²) in [7, 11) is 0. The van der Waals surface area contributed by atoms with Gasteiger partial charge in [0.2, 0.25) is 5.78 Å². The summed E-state index contributed by atoms with van der Waals surface area (Å²) in [5.74, 6) is 1.01. The van der Waals surface area contributed by atoms with Gasteiger partial charge in [-0.05, 0) is 30.9 Å². The number of Topliss-reactive ketones (excluding diaryl/α,β-unsaturated/α-hetero) is 1. The molecule has 1 aliphatic carbocycles. The van der Waals surface area contributed by atoms with Crippen LogP contribution in [0.4, 0.5) is 0 Å². The summed E-state index contributed by atoms with van der Waals surface area (Å²) in [5.41, 5.74) is 0. The highest BCUT2D eigenvalue weighted by atomic mass is 16.5. The predicted molar refractivity (Wildman–Crippen MR) is 46.6 cm³/mol. The Morgan fingerprint density at radius 3 is 3.08 bits per heavy atom. The fraction of sp³-hybridized carbons (Fsp3) is 0.500. The summed E-state index contributed by atoms with van der Waals surface area (Å²) in [6.07, 6.45) is 3.98. The van der Waals surface area contributed by atoms with Gasteiger partial charge in [-0.15, -0.1) is 0 Å². The van der Waals surface area contributed by atoms with Crippen molar-refractivity contribution in [2.45, 2.75) is 12.8 Å². The minimum absolute atomic E-state index is 0.0781. The number of ether oxygens (including phenoxy) is 1. The average molecular weight is 180 g/mol. The van der Waals surface area contributed by atoms with E-state index in [1.165, 1.54) is 19.1 Å². The molecule has 0 saturated heterocycles. The van der Waals surface area contributed by atoms with Gasteiger partial charge in [0.1, 0.15) is 6.61 Å². The Labute approximate surface area is 76.7 Å². The predicted octanol–water partition coefficient (Wildman–Crippen LogP) is 1.89. The summed E-state index contributed by atoms with van der Waals surface area (Å²) in [4.78, 5) is 11.3. The zero-order chi connectivity index (χ0) is 9.10. The van der Waals surface area contributed by atoms with E-state index in [0.717, 1.165) is 0 Å². The van der Waals surface area contributed by atoms with Crippen molar-refractivity contribution in [3.63, 3.8) is 0 Å². The van der Waals surface area contributed by atoms with Crippen molar-refractivity contribution in [3.8, 4) is 0 Å². The van der Waals surface area contributed by atoms with Crippen LogP contribution in [-0.2, 0) is 4.74 Å². The minimum atomic E-state index is -0.0781. The molecule has 0 aliphatic heterocycles. The largest absolute Gasteiger partial charge is 0.461 e. The molecule has 1 heterocycles. The van der Waals surface area contributed by atoms with Gasteiger partial charge in [-0.3, -0.25) is 4.79 Å². The molecule has 1 aromatic heterocycles. The zero-order valence-electron chi connectivity index (χ0n) is 7.36. The fourth-order valence-corrected chi connectivity index (χ4v) is 1.11. The van der Waals surface area contributed by atoms with Crippen LogP contribution in [-0.4, -0.2) is 19.0 Å². The maximum atomic E-state index is 11.3. The van der Waals surface area contributed by atoms with Gasteiger partial charge in [-0.2, -0.15) is 0 Å². The maximum Gasteiger partial charge on any atom is 0.223 e. The summed E-state index contributed by atoms with van der Waals surface area (Å²) in [6, 6.07) is 3.36. The Balaban J connectivity index is 1.71. The van der Waals surface area contributed by atoms with E-state index in [-0.39, 0.29) is 12.4 Å². The molecule has 1 saturated carbocycles. The lowest BCUT2D eigenvalue weighted by Crippen LogP contribution is -2.09. The van der Waals surface area contributed by atoms with Crippen LogP contribution in [0.15, 0.2) is 22.8 Å². The summed E-state index contributed by atoms with van der Waals surface area (Å²) in [5, 5.41) is 0. The topological polar surface area (TPSA) is 39.4 Å². The second-order valence-electron chi connectivity index (χ2n) is 3.36. The van der Waals surface area contributed by atoms with E-state index in [2.05, 4.69) is 0 Å². The van der Waals surface area contributed by atoms with Gasteiger partial charge >= 0.3 is 0 Å². The normalized spacial score (nSPS) is 16.0. The van der Waals surface area contributed by atoms with Gasteiger partial charge in [-0.25, -0.2) is 0 Å². The van der Waals surface area contributed by atoms with Gasteiger partial charge in [0.25, 0.3) is 0 Å². The lowest BCUT2D eigenvalue weighted by Gasteiger charge is -1.99. The van der Waals surface area contributed by atoms with E-state index < -0.39 is 0 Å². The fourth-order valence-electron chi connectivity index (χ4n) is 1.11. The van der Waals surface area contributed by atoms with E-state index in [0.29, 0.717) is 18.3 Å². The SMILES string of the molecule is O=C(COCC1CC1)c1ccco1. The van der Waals surface area contributed by atoms with Gasteiger partial charge in [0, 0.05) is 0 Å². The monoisotopic (exact) mass is 180 g/mol. The van der Waals surface area contributed by atoms with E-state index in [1.54, 1.807) is 12.1 Å². The van der Waals surface area contributed by atoms with Crippen molar-refractivity contribution in [1.82, 2.24) is 0 Å². The molecule has 1 aliphatic rings. The molecule has 0 radical (unpaired) electrons. The molecule has 0 N–H and O–H groups in total. The summed E-state index contributed by atoms with van der Waals surface area (Å²) >= 11 is 0. The van der Waals surface area contributed by atoms with E-state index in [4.69, 9.17) is 9.15 Å². The average Bonchev–Trinajstić information content (AvgIpc) is 2.80. The van der Waals surface area contributed by atoms with Crippen molar-refractivity contribution in [2.75, 3.05) is 13.2 Å². The third-order valence-corrected chi connectivity index (χ3v) is 2.08. The Morgan fingerprint density at radius 1 is 1.62 bits per heavy atom. The highest BCUT2D eigenvalue weighted by molar-refractivity contribution is 5.94. The van der Waals surface area contributed by atoms with E-state index >= 15 is 0 Å². The van der Waals surface area contributed by atoms with Gasteiger partial charge in [0.15, 0.2) is 5.76 Å². The van der Waals surface area contributed by atoms with Crippen LogP contribution in [0, 0.1) is 5.92 Å². The zero-order valence-corrected chi connectivity index (χ0v) is 7.36. The molecule has 2 rings (SSSR count). The molecule has 3 nitrogen and oxygen atoms in total. The van der Waals surface area contributed by atoms with Crippen LogP contribution in [0.3, 0.4) is 0 Å². The van der Waals surface area contributed by atoms with Crippen molar-refractivity contribution in [2.24, 2.45) is 5.92 Å². The number of ketones is 1. The van der Waals surface area contributed by atoms with Crippen molar-refractivity contribution >= 4 is 5.78 Å². The molecule has 0 bridgehead atoms. The first-order chi connectivity index (χ1) is 6.36. The van der Waals surface area contributed by atoms with Gasteiger partial charge in [0.05, 0.1) is 12.9 Å². The first kappa shape index (κ1) is 8.51. The number of hydrogen-bond acceptors (Lipinski definition) is 3. The van der Waals surface area contributed by atoms with E-state index in [9.17, 15) is 4.79 Å². The first-order valence-electron chi connectivity index (χ1n) is 4.50. The number of hydrogen-bond donors (Lipinski definition) is 0. The Hall–Kier alpha value is -1.09. The molecule has 1 aromatic rings. The van der Waals surface area contributed by atoms with Crippen LogP contribution in [0.2, 0.25) is 0 Å². The van der Waals surface area contributed by atoms with Crippen molar-refractivity contribution in [1.29, 1.82) is 0 Å². The van der Waals surface area contributed by atoms with Crippen LogP contribution in [0.1, 0.15) is 23.4 Å². The first-order valence-corrected chi connectivity index (χ1v) is 4.50. The summed E-state index contributed by atoms with van der Waals surface area (Å²) in [6.45, 7) is 0.858. The quantitative estimate of drug-likeness (QED) is 0.649. The summed E-state index contributed by atoms with van der Waals surface area (Å²) < 4.78 is 10.2. The molecule has 0 atom stereocenters. The van der Waals surface area contributed by atoms with Crippen LogP contribution < -0.4 is 0 Å². The maximum absolute atomic E-state index is 11.3. The molecule has 3 heteroatoms. The molecular weight excluding hydrogens is 168 g/mol. The van der Waals surface area contributed by atoms with Crippen LogP contribution in [0.5, 0.6) is 0 Å². The lowest BCUT2D eigenvalue weighted by molar-refractivity contribution is 0.0713. The van der Waals surface area contributed by atoms with Crippen LogP contribution in [0.25, 0.3) is 0 Å². The van der Waals surface area contributed by atoms with Crippen molar-refractivity contribution in [3.05, 3.63) is 24.2 Å². The van der Waals surface area contributed by atoms with Gasteiger partial charge < -0.3 is 9.15 Å².